The molecule has 0 aliphatic carbocycles. The molecule has 1 aromatic heterocycles. The van der Waals surface area contributed by atoms with Gasteiger partial charge in [-0.3, -0.25) is 4.68 Å². The first-order chi connectivity index (χ1) is 7.35. The molecule has 0 unspecified atom stereocenters. The van der Waals surface area contributed by atoms with Gasteiger partial charge in [0.05, 0.1) is 29.6 Å². The van der Waals surface area contributed by atoms with E-state index in [1.807, 2.05) is 32.4 Å². The van der Waals surface area contributed by atoms with Crippen LogP contribution in [0.1, 0.15) is 32.2 Å². The summed E-state index contributed by atoms with van der Waals surface area (Å²) in [6.07, 6.45) is 0. The Labute approximate surface area is 102 Å². The van der Waals surface area contributed by atoms with Gasteiger partial charge >= 0.3 is 0 Å². The van der Waals surface area contributed by atoms with E-state index in [0.717, 1.165) is 17.9 Å². The van der Waals surface area contributed by atoms with E-state index in [-0.39, 0.29) is 5.54 Å². The van der Waals surface area contributed by atoms with E-state index in [1.165, 1.54) is 0 Å². The van der Waals surface area contributed by atoms with E-state index >= 15 is 0 Å². The number of nitrogens with zero attached hydrogens (tertiary/aromatic N) is 2. The summed E-state index contributed by atoms with van der Waals surface area (Å²) in [6, 6.07) is 0. The second-order valence-corrected chi connectivity index (χ2v) is 5.02. The van der Waals surface area contributed by atoms with E-state index in [2.05, 4.69) is 5.10 Å². The Kier molecular flexibility index (Phi) is 4.35. The third-order valence-corrected chi connectivity index (χ3v) is 2.66. The van der Waals surface area contributed by atoms with Gasteiger partial charge in [0, 0.05) is 12.1 Å². The summed E-state index contributed by atoms with van der Waals surface area (Å²) in [4.78, 5) is 0. The van der Waals surface area contributed by atoms with Crippen molar-refractivity contribution in [2.45, 2.75) is 46.4 Å². The second kappa shape index (κ2) is 5.17. The molecule has 0 spiro atoms. The predicted molar refractivity (Wildman–Crippen MR) is 65.6 cm³/mol. The van der Waals surface area contributed by atoms with Crippen LogP contribution in [0.5, 0.6) is 0 Å². The molecule has 0 radical (unpaired) electrons. The lowest BCUT2D eigenvalue weighted by Gasteiger charge is -2.18. The van der Waals surface area contributed by atoms with Crippen LogP contribution in [0.4, 0.5) is 0 Å². The van der Waals surface area contributed by atoms with Crippen LogP contribution in [-0.2, 0) is 17.9 Å². The van der Waals surface area contributed by atoms with Gasteiger partial charge in [-0.25, -0.2) is 0 Å². The molecule has 0 aliphatic rings. The first-order valence-corrected chi connectivity index (χ1v) is 5.81. The number of rotatable bonds is 5. The molecule has 0 fully saturated rings. The number of ether oxygens (including phenoxy) is 1. The summed E-state index contributed by atoms with van der Waals surface area (Å²) >= 11 is 6.15. The quantitative estimate of drug-likeness (QED) is 0.865. The molecular formula is C11H20ClN3O. The van der Waals surface area contributed by atoms with E-state index in [9.17, 15) is 0 Å². The Hall–Kier alpha value is -0.580. The zero-order chi connectivity index (χ0) is 12.3. The molecule has 5 heteroatoms. The molecule has 1 heterocycles. The molecule has 0 aliphatic heterocycles. The highest BCUT2D eigenvalue weighted by Gasteiger charge is 2.15. The van der Waals surface area contributed by atoms with Crippen LogP contribution < -0.4 is 5.73 Å². The zero-order valence-corrected chi connectivity index (χ0v) is 11.1. The van der Waals surface area contributed by atoms with Gasteiger partial charge in [0.2, 0.25) is 0 Å². The Morgan fingerprint density at radius 2 is 2.12 bits per heavy atom. The highest BCUT2D eigenvalue weighted by molar-refractivity contribution is 6.31. The summed E-state index contributed by atoms with van der Waals surface area (Å²) in [5, 5.41) is 5.01. The fourth-order valence-corrected chi connectivity index (χ4v) is 1.61. The monoisotopic (exact) mass is 245 g/mol. The largest absolute Gasteiger partial charge is 0.373 e. The molecule has 4 nitrogen and oxygen atoms in total. The Morgan fingerprint density at radius 3 is 2.62 bits per heavy atom. The summed E-state index contributed by atoms with van der Waals surface area (Å²) < 4.78 is 7.41. The van der Waals surface area contributed by atoms with Crippen molar-refractivity contribution in [2.75, 3.05) is 6.61 Å². The molecule has 92 valence electrons. The summed E-state index contributed by atoms with van der Waals surface area (Å²) in [5.41, 5.74) is 7.28. The maximum atomic E-state index is 6.15. The minimum absolute atomic E-state index is 0.321. The predicted octanol–water partition coefficient (Wildman–Crippen LogP) is 2.12. The lowest BCUT2D eigenvalue weighted by atomic mass is 10.1. The van der Waals surface area contributed by atoms with Gasteiger partial charge in [0.25, 0.3) is 0 Å². The minimum atomic E-state index is -0.321. The molecule has 0 atom stereocenters. The Bertz CT molecular complexity index is 355. The molecule has 16 heavy (non-hydrogen) atoms. The van der Waals surface area contributed by atoms with Crippen LogP contribution in [-0.4, -0.2) is 21.9 Å². The molecular weight excluding hydrogens is 226 g/mol. The van der Waals surface area contributed by atoms with Gasteiger partial charge in [-0.2, -0.15) is 5.10 Å². The topological polar surface area (TPSA) is 53.1 Å². The first-order valence-electron chi connectivity index (χ1n) is 5.43. The number of hydrogen-bond donors (Lipinski definition) is 1. The molecule has 0 aromatic carbocycles. The average molecular weight is 246 g/mol. The van der Waals surface area contributed by atoms with Crippen LogP contribution in [0.25, 0.3) is 0 Å². The summed E-state index contributed by atoms with van der Waals surface area (Å²) in [5.74, 6) is 0. The summed E-state index contributed by atoms with van der Waals surface area (Å²) in [7, 11) is 0. The third kappa shape index (κ3) is 3.47. The van der Waals surface area contributed by atoms with Crippen LogP contribution in [0.15, 0.2) is 0 Å². The Morgan fingerprint density at radius 1 is 1.50 bits per heavy atom. The lowest BCUT2D eigenvalue weighted by molar-refractivity contribution is 0.0806. The maximum absolute atomic E-state index is 6.15. The molecule has 1 rings (SSSR count). The average Bonchev–Trinajstić information content (AvgIpc) is 2.43. The van der Waals surface area contributed by atoms with E-state index in [4.69, 9.17) is 22.1 Å². The van der Waals surface area contributed by atoms with Crippen molar-refractivity contribution in [3.8, 4) is 0 Å². The number of aryl methyl sites for hydroxylation is 2. The van der Waals surface area contributed by atoms with Gasteiger partial charge in [0.15, 0.2) is 0 Å². The van der Waals surface area contributed by atoms with Crippen LogP contribution in [0.2, 0.25) is 5.02 Å². The molecule has 0 saturated heterocycles. The third-order valence-electron chi connectivity index (χ3n) is 2.17. The highest BCUT2D eigenvalue weighted by atomic mass is 35.5. The molecule has 0 saturated carbocycles. The van der Waals surface area contributed by atoms with E-state index in [1.54, 1.807) is 0 Å². The normalized spacial score (nSPS) is 12.1. The van der Waals surface area contributed by atoms with Crippen molar-refractivity contribution in [1.82, 2.24) is 9.78 Å². The molecule has 0 amide bonds. The molecule has 2 N–H and O–H groups in total. The minimum Gasteiger partial charge on any atom is -0.373 e. The van der Waals surface area contributed by atoms with Gasteiger partial charge in [-0.1, -0.05) is 11.6 Å². The standard InChI is InChI=1S/C11H20ClN3O/c1-5-15-9(10(12)8(2)14-15)6-16-7-11(3,4)13/h5-7,13H2,1-4H3. The summed E-state index contributed by atoms with van der Waals surface area (Å²) in [6.45, 7) is 9.52. The number of aromatic nitrogens is 2. The lowest BCUT2D eigenvalue weighted by Crippen LogP contribution is -2.37. The number of nitrogens with two attached hydrogens (primary N) is 1. The van der Waals surface area contributed by atoms with Crippen LogP contribution >= 0.6 is 11.6 Å². The first kappa shape index (κ1) is 13.5. The van der Waals surface area contributed by atoms with Crippen LogP contribution in [0.3, 0.4) is 0 Å². The van der Waals surface area contributed by atoms with Gasteiger partial charge in [-0.15, -0.1) is 0 Å². The van der Waals surface area contributed by atoms with Crippen LogP contribution in [0, 0.1) is 6.92 Å². The van der Waals surface area contributed by atoms with Gasteiger partial charge in [-0.05, 0) is 27.7 Å². The zero-order valence-electron chi connectivity index (χ0n) is 10.4. The van der Waals surface area contributed by atoms with Crippen molar-refractivity contribution in [1.29, 1.82) is 0 Å². The number of halogens is 1. The fraction of sp³-hybridized carbons (Fsp3) is 0.727. The highest BCUT2D eigenvalue weighted by Crippen LogP contribution is 2.21. The van der Waals surface area contributed by atoms with Crippen molar-refractivity contribution < 1.29 is 4.74 Å². The molecule has 1 aromatic rings. The Balaban J connectivity index is 2.66. The molecule has 0 bridgehead atoms. The smallest absolute Gasteiger partial charge is 0.0900 e. The van der Waals surface area contributed by atoms with E-state index < -0.39 is 0 Å². The number of hydrogen-bond acceptors (Lipinski definition) is 3. The van der Waals surface area contributed by atoms with Crippen molar-refractivity contribution in [3.05, 3.63) is 16.4 Å². The van der Waals surface area contributed by atoms with Gasteiger partial charge in [0.1, 0.15) is 0 Å². The van der Waals surface area contributed by atoms with Crippen molar-refractivity contribution in [2.24, 2.45) is 5.73 Å². The van der Waals surface area contributed by atoms with E-state index in [0.29, 0.717) is 18.2 Å². The van der Waals surface area contributed by atoms with Gasteiger partial charge < -0.3 is 10.5 Å². The SMILES string of the molecule is CCn1nc(C)c(Cl)c1COCC(C)(C)N. The maximum Gasteiger partial charge on any atom is 0.0900 e. The second-order valence-electron chi connectivity index (χ2n) is 4.64. The van der Waals surface area contributed by atoms with Crippen molar-refractivity contribution in [3.63, 3.8) is 0 Å². The van der Waals surface area contributed by atoms with Crippen molar-refractivity contribution >= 4 is 11.6 Å². The fourth-order valence-electron chi connectivity index (χ4n) is 1.42.